The molecule has 1 heterocycles. The molecule has 2 aliphatic rings. The molecule has 3 nitrogen and oxygen atoms in total. The fourth-order valence-corrected chi connectivity index (χ4v) is 1.66. The molecular formula is C10H5O3Y-. The Morgan fingerprint density at radius 1 is 1.07 bits per heavy atom. The van der Waals surface area contributed by atoms with Crippen LogP contribution in [-0.4, -0.2) is 17.2 Å². The Morgan fingerprint density at radius 2 is 1.50 bits per heavy atom. The van der Waals surface area contributed by atoms with Gasteiger partial charge < -0.3 is 4.74 Å². The second-order valence-electron chi connectivity index (χ2n) is 3.18. The van der Waals surface area contributed by atoms with Crippen LogP contribution in [0.3, 0.4) is 0 Å². The van der Waals surface area contributed by atoms with Crippen molar-refractivity contribution in [1.82, 2.24) is 0 Å². The molecule has 0 amide bonds. The average molecular weight is 262 g/mol. The fourth-order valence-electron chi connectivity index (χ4n) is 1.66. The SMILES string of the molecule is O=C1c2ccccc2C(=O)C12[CH-]O2.[Y]. The number of fused-ring (bicyclic) bond motifs is 1. The Hall–Kier alpha value is -0.376. The van der Waals surface area contributed by atoms with Gasteiger partial charge in [-0.15, -0.1) is 0 Å². The Labute approximate surface area is 106 Å². The van der Waals surface area contributed by atoms with E-state index in [0.717, 1.165) is 0 Å². The molecule has 0 bridgehead atoms. The molecule has 1 fully saturated rings. The van der Waals surface area contributed by atoms with E-state index in [0.29, 0.717) is 11.1 Å². The van der Waals surface area contributed by atoms with Crippen LogP contribution in [0.5, 0.6) is 0 Å². The van der Waals surface area contributed by atoms with Crippen LogP contribution >= 0.6 is 0 Å². The summed E-state index contributed by atoms with van der Waals surface area (Å²) in [5.41, 5.74) is -0.286. The van der Waals surface area contributed by atoms with E-state index in [1.807, 2.05) is 0 Å². The zero-order chi connectivity index (χ0) is 9.05. The first-order valence-electron chi connectivity index (χ1n) is 3.96. The molecule has 0 atom stereocenters. The maximum Gasteiger partial charge on any atom is 0.171 e. The number of Topliss-reactive ketones (excluding diaryl/α,β-unsaturated/α-hetero) is 2. The number of ketones is 2. The van der Waals surface area contributed by atoms with E-state index < -0.39 is 5.60 Å². The molecule has 1 radical (unpaired) electrons. The van der Waals surface area contributed by atoms with Gasteiger partial charge in [-0.1, -0.05) is 24.3 Å². The zero-order valence-electron chi connectivity index (χ0n) is 7.19. The van der Waals surface area contributed by atoms with Crippen molar-refractivity contribution in [3.8, 4) is 0 Å². The van der Waals surface area contributed by atoms with Crippen molar-refractivity contribution in [2.24, 2.45) is 0 Å². The minimum atomic E-state index is -1.23. The van der Waals surface area contributed by atoms with Gasteiger partial charge in [-0.05, 0) is 0 Å². The van der Waals surface area contributed by atoms with Crippen LogP contribution in [0.4, 0.5) is 0 Å². The summed E-state index contributed by atoms with van der Waals surface area (Å²) in [5, 5.41) is 0. The van der Waals surface area contributed by atoms with Crippen LogP contribution in [0.15, 0.2) is 24.3 Å². The normalized spacial score (nSPS) is 20.6. The van der Waals surface area contributed by atoms with Gasteiger partial charge in [0.05, 0.1) is 5.60 Å². The molecule has 1 spiro atoms. The molecule has 1 aromatic carbocycles. The number of benzene rings is 1. The second kappa shape index (κ2) is 3.06. The van der Waals surface area contributed by atoms with Crippen LogP contribution in [-0.2, 0) is 37.4 Å². The molecule has 0 N–H and O–H groups in total. The third-order valence-corrected chi connectivity index (χ3v) is 2.44. The number of ether oxygens (including phenoxy) is 1. The third-order valence-electron chi connectivity index (χ3n) is 2.44. The fraction of sp³-hybridized carbons (Fsp3) is 0.100. The minimum absolute atomic E-state index is 0. The number of rotatable bonds is 0. The van der Waals surface area contributed by atoms with E-state index in [1.165, 1.54) is 6.61 Å². The zero-order valence-corrected chi connectivity index (χ0v) is 10.0. The third kappa shape index (κ3) is 1.03. The molecule has 67 valence electrons. The molecule has 1 aliphatic heterocycles. The summed E-state index contributed by atoms with van der Waals surface area (Å²) < 4.78 is 4.84. The first-order chi connectivity index (χ1) is 6.26. The minimum Gasteiger partial charge on any atom is -0.554 e. The topological polar surface area (TPSA) is 46.7 Å². The molecule has 1 aromatic rings. The van der Waals surface area contributed by atoms with Crippen molar-refractivity contribution in [3.05, 3.63) is 42.0 Å². The van der Waals surface area contributed by atoms with Gasteiger partial charge in [0.25, 0.3) is 0 Å². The van der Waals surface area contributed by atoms with Crippen molar-refractivity contribution in [1.29, 1.82) is 0 Å². The van der Waals surface area contributed by atoms with Crippen molar-refractivity contribution < 1.29 is 47.0 Å². The molecule has 0 aromatic heterocycles. The number of epoxide rings is 1. The molecule has 4 heteroatoms. The number of carbonyl (C=O) groups is 2. The molecule has 14 heavy (non-hydrogen) atoms. The van der Waals surface area contributed by atoms with Crippen molar-refractivity contribution in [2.45, 2.75) is 5.60 Å². The van der Waals surface area contributed by atoms with E-state index in [-0.39, 0.29) is 44.3 Å². The Bertz CT molecular complexity index is 398. The summed E-state index contributed by atoms with van der Waals surface area (Å²) in [5.74, 6) is -0.457. The molecular weight excluding hydrogens is 257 g/mol. The number of carbonyl (C=O) groups excluding carboxylic acids is 2. The van der Waals surface area contributed by atoms with Gasteiger partial charge in [0.15, 0.2) is 11.6 Å². The van der Waals surface area contributed by atoms with Crippen molar-refractivity contribution >= 4 is 11.6 Å². The van der Waals surface area contributed by atoms with Crippen molar-refractivity contribution in [3.63, 3.8) is 0 Å². The maximum absolute atomic E-state index is 11.6. The maximum atomic E-state index is 11.6. The summed E-state index contributed by atoms with van der Waals surface area (Å²) in [6, 6.07) is 6.79. The van der Waals surface area contributed by atoms with E-state index in [2.05, 4.69) is 0 Å². The van der Waals surface area contributed by atoms with Gasteiger partial charge >= 0.3 is 0 Å². The monoisotopic (exact) mass is 262 g/mol. The van der Waals surface area contributed by atoms with Crippen LogP contribution in [0.1, 0.15) is 20.7 Å². The van der Waals surface area contributed by atoms with E-state index in [4.69, 9.17) is 4.74 Å². The van der Waals surface area contributed by atoms with Crippen molar-refractivity contribution in [2.75, 3.05) is 0 Å². The van der Waals surface area contributed by atoms with Crippen LogP contribution < -0.4 is 0 Å². The summed E-state index contributed by atoms with van der Waals surface area (Å²) in [4.78, 5) is 23.2. The molecule has 0 unspecified atom stereocenters. The van der Waals surface area contributed by atoms with Gasteiger partial charge in [-0.25, -0.2) is 0 Å². The van der Waals surface area contributed by atoms with Gasteiger partial charge in [0.1, 0.15) is 0 Å². The first kappa shape index (κ1) is 10.2. The first-order valence-corrected chi connectivity index (χ1v) is 3.96. The quantitative estimate of drug-likeness (QED) is 0.398. The van der Waals surface area contributed by atoms with Crippen LogP contribution in [0.25, 0.3) is 0 Å². The summed E-state index contributed by atoms with van der Waals surface area (Å²) >= 11 is 0. The molecule has 0 saturated carbocycles. The summed E-state index contributed by atoms with van der Waals surface area (Å²) in [6.07, 6.45) is 0. The Kier molecular flexibility index (Phi) is 2.22. The van der Waals surface area contributed by atoms with E-state index in [9.17, 15) is 9.59 Å². The number of hydrogen-bond acceptors (Lipinski definition) is 3. The van der Waals surface area contributed by atoms with E-state index >= 15 is 0 Å². The molecule has 1 saturated heterocycles. The van der Waals surface area contributed by atoms with Gasteiger partial charge in [-0.2, -0.15) is 6.61 Å². The van der Waals surface area contributed by atoms with Gasteiger partial charge in [0.2, 0.25) is 0 Å². The van der Waals surface area contributed by atoms with Gasteiger partial charge in [-0.3, -0.25) is 9.59 Å². The Morgan fingerprint density at radius 3 is 1.86 bits per heavy atom. The molecule has 1 aliphatic carbocycles. The molecule has 3 rings (SSSR count). The predicted molar refractivity (Wildman–Crippen MR) is 43.2 cm³/mol. The second-order valence-corrected chi connectivity index (χ2v) is 3.18. The van der Waals surface area contributed by atoms with E-state index in [1.54, 1.807) is 24.3 Å². The summed E-state index contributed by atoms with van der Waals surface area (Å²) in [7, 11) is 0. The largest absolute Gasteiger partial charge is 0.554 e. The number of hydrogen-bond donors (Lipinski definition) is 0. The predicted octanol–water partition coefficient (Wildman–Crippen LogP) is 0.994. The standard InChI is InChI=1S/C10H5O3.Y/c11-8-6-3-1-2-4-7(6)9(12)10(8)5-13-10;/h1-5H;/q-1;. The smallest absolute Gasteiger partial charge is 0.171 e. The Balaban J connectivity index is 0.000000750. The summed E-state index contributed by atoms with van der Waals surface area (Å²) in [6.45, 7) is 1.30. The van der Waals surface area contributed by atoms with Crippen LogP contribution in [0, 0.1) is 6.61 Å². The average Bonchev–Trinajstić information content (AvgIpc) is 2.93. The van der Waals surface area contributed by atoms with Gasteiger partial charge in [0, 0.05) is 43.8 Å². The van der Waals surface area contributed by atoms with Crippen LogP contribution in [0.2, 0.25) is 0 Å².